The number of carbonyl (C=O) groups excluding carboxylic acids is 2. The SMILES string of the molecule is COc1ccccc1C1C=C2NC(C)=C(C(=O)OC(C)C)C(c3ccc(Cl)cc3)C2C(=O)C1. The highest BCUT2D eigenvalue weighted by Gasteiger charge is 2.45. The smallest absolute Gasteiger partial charge is 0.336 e. The van der Waals surface area contributed by atoms with Crippen molar-refractivity contribution in [2.24, 2.45) is 5.92 Å². The number of Topliss-reactive ketones (excluding diaryl/α,β-unsaturated/α-hetero) is 1. The molecule has 0 saturated carbocycles. The molecule has 1 aliphatic heterocycles. The van der Waals surface area contributed by atoms with E-state index in [2.05, 4.69) is 11.4 Å². The van der Waals surface area contributed by atoms with Gasteiger partial charge < -0.3 is 14.8 Å². The number of carbonyl (C=O) groups is 2. The largest absolute Gasteiger partial charge is 0.496 e. The molecule has 0 fully saturated rings. The van der Waals surface area contributed by atoms with Gasteiger partial charge in [0.2, 0.25) is 0 Å². The zero-order chi connectivity index (χ0) is 23.7. The van der Waals surface area contributed by atoms with Crippen molar-refractivity contribution < 1.29 is 19.1 Å². The summed E-state index contributed by atoms with van der Waals surface area (Å²) in [6.45, 7) is 5.49. The number of halogens is 1. The minimum atomic E-state index is -0.504. The van der Waals surface area contributed by atoms with E-state index in [0.717, 1.165) is 22.6 Å². The van der Waals surface area contributed by atoms with Gasteiger partial charge in [0.05, 0.1) is 24.7 Å². The lowest BCUT2D eigenvalue weighted by molar-refractivity contribution is -0.143. The molecule has 2 aromatic carbocycles. The van der Waals surface area contributed by atoms with Crippen LogP contribution in [0.15, 0.2) is 71.6 Å². The maximum atomic E-state index is 13.6. The van der Waals surface area contributed by atoms with Crippen molar-refractivity contribution in [3.8, 4) is 5.75 Å². The van der Waals surface area contributed by atoms with E-state index in [0.29, 0.717) is 22.7 Å². The van der Waals surface area contributed by atoms with E-state index in [1.54, 1.807) is 19.2 Å². The summed E-state index contributed by atoms with van der Waals surface area (Å²) in [4.78, 5) is 26.8. The van der Waals surface area contributed by atoms with Crippen molar-refractivity contribution in [2.75, 3.05) is 7.11 Å². The van der Waals surface area contributed by atoms with Crippen LogP contribution in [0.3, 0.4) is 0 Å². The summed E-state index contributed by atoms with van der Waals surface area (Å²) in [7, 11) is 1.63. The first kappa shape index (κ1) is 23.1. The van der Waals surface area contributed by atoms with E-state index in [1.165, 1.54) is 0 Å². The summed E-state index contributed by atoms with van der Waals surface area (Å²) in [6.07, 6.45) is 2.16. The lowest BCUT2D eigenvalue weighted by Gasteiger charge is -2.39. The van der Waals surface area contributed by atoms with Crippen LogP contribution in [0, 0.1) is 5.92 Å². The standard InChI is InChI=1S/C27H28ClNO4/c1-15(2)33-27(31)24-16(3)29-21-13-18(20-7-5-6-8-23(20)32-4)14-22(30)26(21)25(24)17-9-11-19(28)12-10-17/h5-13,15,18,25-26,29H,14H2,1-4H3. The number of ether oxygens (including phenoxy) is 2. The minimum absolute atomic E-state index is 0.0678. The van der Waals surface area contributed by atoms with Crippen molar-refractivity contribution in [3.05, 3.63) is 87.7 Å². The molecule has 6 heteroatoms. The van der Waals surface area contributed by atoms with E-state index in [1.807, 2.05) is 57.2 Å². The number of rotatable bonds is 5. The fourth-order valence-corrected chi connectivity index (χ4v) is 4.95. The molecule has 0 spiro atoms. The third-order valence-electron chi connectivity index (χ3n) is 6.19. The molecular weight excluding hydrogens is 438 g/mol. The van der Waals surface area contributed by atoms with Crippen LogP contribution in [0.25, 0.3) is 0 Å². The Morgan fingerprint density at radius 3 is 2.45 bits per heavy atom. The first-order valence-electron chi connectivity index (χ1n) is 11.1. The number of allylic oxidation sites excluding steroid dienone is 3. The van der Waals surface area contributed by atoms with Gasteiger partial charge in [-0.25, -0.2) is 4.79 Å². The molecule has 1 aliphatic carbocycles. The second kappa shape index (κ2) is 9.44. The number of para-hydroxylation sites is 1. The number of hydrogen-bond acceptors (Lipinski definition) is 5. The molecule has 0 aromatic heterocycles. The maximum Gasteiger partial charge on any atom is 0.336 e. The Morgan fingerprint density at radius 1 is 1.09 bits per heavy atom. The third kappa shape index (κ3) is 4.55. The molecule has 2 aliphatic rings. The summed E-state index contributed by atoms with van der Waals surface area (Å²) < 4.78 is 11.1. The Labute approximate surface area is 199 Å². The number of fused-ring (bicyclic) bond motifs is 1. The minimum Gasteiger partial charge on any atom is -0.496 e. The first-order chi connectivity index (χ1) is 15.8. The van der Waals surface area contributed by atoms with E-state index in [-0.39, 0.29) is 17.8 Å². The van der Waals surface area contributed by atoms with Gasteiger partial charge in [0.1, 0.15) is 11.5 Å². The Morgan fingerprint density at radius 2 is 1.79 bits per heavy atom. The molecular formula is C27H28ClNO4. The van der Waals surface area contributed by atoms with Gasteiger partial charge in [0.25, 0.3) is 0 Å². The van der Waals surface area contributed by atoms with Crippen LogP contribution in [0.1, 0.15) is 50.2 Å². The molecule has 0 bridgehead atoms. The molecule has 3 unspecified atom stereocenters. The van der Waals surface area contributed by atoms with Crippen molar-refractivity contribution in [2.45, 2.75) is 45.1 Å². The lowest BCUT2D eigenvalue weighted by Crippen LogP contribution is -2.42. The number of methoxy groups -OCH3 is 1. The van der Waals surface area contributed by atoms with Crippen LogP contribution < -0.4 is 10.1 Å². The molecule has 1 heterocycles. The second-order valence-corrected chi connectivity index (χ2v) is 9.20. The molecule has 2 aromatic rings. The van der Waals surface area contributed by atoms with E-state index < -0.39 is 17.8 Å². The zero-order valence-electron chi connectivity index (χ0n) is 19.2. The number of nitrogens with one attached hydrogen (secondary N) is 1. The summed E-state index contributed by atoms with van der Waals surface area (Å²) in [5, 5.41) is 3.95. The Kier molecular flexibility index (Phi) is 6.61. The van der Waals surface area contributed by atoms with Crippen molar-refractivity contribution >= 4 is 23.4 Å². The fraction of sp³-hybridized carbons (Fsp3) is 0.333. The zero-order valence-corrected chi connectivity index (χ0v) is 20.0. The number of hydrogen-bond donors (Lipinski definition) is 1. The van der Waals surface area contributed by atoms with Gasteiger partial charge in [-0.3, -0.25) is 4.79 Å². The molecule has 3 atom stereocenters. The highest BCUT2D eigenvalue weighted by molar-refractivity contribution is 6.30. The molecule has 1 N–H and O–H groups in total. The van der Waals surface area contributed by atoms with Gasteiger partial charge in [-0.1, -0.05) is 48.0 Å². The number of ketones is 1. The topological polar surface area (TPSA) is 64.6 Å². The Balaban J connectivity index is 1.83. The van der Waals surface area contributed by atoms with Crippen molar-refractivity contribution in [1.82, 2.24) is 5.32 Å². The summed E-state index contributed by atoms with van der Waals surface area (Å²) in [5.41, 5.74) is 3.81. The molecule has 0 radical (unpaired) electrons. The summed E-state index contributed by atoms with van der Waals surface area (Å²) in [6, 6.07) is 15.1. The van der Waals surface area contributed by atoms with Gasteiger partial charge in [0.15, 0.2) is 0 Å². The normalized spacial score (nSPS) is 22.4. The van der Waals surface area contributed by atoms with E-state index >= 15 is 0 Å². The number of benzene rings is 2. The van der Waals surface area contributed by atoms with Crippen LogP contribution in [0.5, 0.6) is 5.75 Å². The van der Waals surface area contributed by atoms with Crippen LogP contribution in [0.2, 0.25) is 5.02 Å². The van der Waals surface area contributed by atoms with Crippen LogP contribution in [-0.2, 0) is 14.3 Å². The molecule has 5 nitrogen and oxygen atoms in total. The molecule has 0 saturated heterocycles. The van der Waals surface area contributed by atoms with Gasteiger partial charge in [0, 0.05) is 40.2 Å². The van der Waals surface area contributed by atoms with Crippen LogP contribution in [0.4, 0.5) is 0 Å². The average molecular weight is 466 g/mol. The van der Waals surface area contributed by atoms with Gasteiger partial charge in [-0.15, -0.1) is 0 Å². The second-order valence-electron chi connectivity index (χ2n) is 8.77. The summed E-state index contributed by atoms with van der Waals surface area (Å²) in [5.74, 6) is -0.658. The van der Waals surface area contributed by atoms with Crippen molar-refractivity contribution in [3.63, 3.8) is 0 Å². The molecule has 4 rings (SSSR count). The quantitative estimate of drug-likeness (QED) is 0.589. The highest BCUT2D eigenvalue weighted by atomic mass is 35.5. The third-order valence-corrected chi connectivity index (χ3v) is 6.45. The van der Waals surface area contributed by atoms with Crippen molar-refractivity contribution in [1.29, 1.82) is 0 Å². The highest BCUT2D eigenvalue weighted by Crippen LogP contribution is 2.47. The van der Waals surface area contributed by atoms with Crippen LogP contribution >= 0.6 is 11.6 Å². The molecule has 172 valence electrons. The molecule has 0 amide bonds. The Hall–Kier alpha value is -3.05. The number of esters is 1. The van der Waals surface area contributed by atoms with Crippen LogP contribution in [-0.4, -0.2) is 25.0 Å². The van der Waals surface area contributed by atoms with E-state index in [9.17, 15) is 9.59 Å². The Bertz CT molecular complexity index is 1130. The fourth-order valence-electron chi connectivity index (χ4n) is 4.82. The summed E-state index contributed by atoms with van der Waals surface area (Å²) >= 11 is 6.12. The average Bonchev–Trinajstić information content (AvgIpc) is 2.78. The monoisotopic (exact) mass is 465 g/mol. The van der Waals surface area contributed by atoms with E-state index in [4.69, 9.17) is 21.1 Å². The van der Waals surface area contributed by atoms with Gasteiger partial charge in [-0.05, 0) is 44.5 Å². The molecule has 33 heavy (non-hydrogen) atoms. The van der Waals surface area contributed by atoms with Gasteiger partial charge >= 0.3 is 5.97 Å². The lowest BCUT2D eigenvalue weighted by atomic mass is 9.68. The van der Waals surface area contributed by atoms with Gasteiger partial charge in [-0.2, -0.15) is 0 Å². The predicted molar refractivity (Wildman–Crippen MR) is 128 cm³/mol. The maximum absolute atomic E-state index is 13.6. The predicted octanol–water partition coefficient (Wildman–Crippen LogP) is 5.52. The first-order valence-corrected chi connectivity index (χ1v) is 11.5.